The van der Waals surface area contributed by atoms with Crippen LogP contribution in [0.25, 0.3) is 0 Å². The van der Waals surface area contributed by atoms with Gasteiger partial charge < -0.3 is 9.32 Å². The minimum atomic E-state index is -3.55. The monoisotopic (exact) mass is 405 g/mol. The second kappa shape index (κ2) is 8.46. The number of piperazine rings is 1. The molecule has 1 amide bonds. The van der Waals surface area contributed by atoms with E-state index in [2.05, 4.69) is 4.90 Å². The third-order valence-corrected chi connectivity index (χ3v) is 6.77. The number of sulfonamides is 1. The lowest BCUT2D eigenvalue weighted by Gasteiger charge is -2.34. The van der Waals surface area contributed by atoms with E-state index in [0.29, 0.717) is 31.8 Å². The lowest BCUT2D eigenvalue weighted by molar-refractivity contribution is -0.132. The Balaban J connectivity index is 1.53. The lowest BCUT2D eigenvalue weighted by atomic mass is 10.1. The van der Waals surface area contributed by atoms with Crippen molar-refractivity contribution < 1.29 is 17.6 Å². The van der Waals surface area contributed by atoms with Crippen LogP contribution < -0.4 is 0 Å². The Morgan fingerprint density at radius 3 is 2.39 bits per heavy atom. The summed E-state index contributed by atoms with van der Waals surface area (Å²) in [5.74, 6) is 0.756. The van der Waals surface area contributed by atoms with Crippen LogP contribution in [0.15, 0.2) is 45.9 Å². The van der Waals surface area contributed by atoms with Crippen LogP contribution in [0.2, 0.25) is 0 Å². The zero-order valence-corrected chi connectivity index (χ0v) is 17.4. The molecule has 0 unspecified atom stereocenters. The van der Waals surface area contributed by atoms with Crippen molar-refractivity contribution in [2.24, 2.45) is 0 Å². The summed E-state index contributed by atoms with van der Waals surface area (Å²) < 4.78 is 30.9. The van der Waals surface area contributed by atoms with E-state index < -0.39 is 10.0 Å². The van der Waals surface area contributed by atoms with Gasteiger partial charge in [-0.25, -0.2) is 12.7 Å². The van der Waals surface area contributed by atoms with Gasteiger partial charge in [0.15, 0.2) is 0 Å². The number of furan rings is 1. The second-order valence-corrected chi connectivity index (χ2v) is 9.35. The van der Waals surface area contributed by atoms with Crippen LogP contribution in [-0.2, 0) is 27.8 Å². The molecule has 0 N–H and O–H groups in total. The van der Waals surface area contributed by atoms with Crippen LogP contribution in [0.1, 0.15) is 16.9 Å². The van der Waals surface area contributed by atoms with Gasteiger partial charge in [-0.1, -0.05) is 24.3 Å². The van der Waals surface area contributed by atoms with E-state index in [1.807, 2.05) is 36.1 Å². The van der Waals surface area contributed by atoms with Crippen molar-refractivity contribution in [3.63, 3.8) is 0 Å². The van der Waals surface area contributed by atoms with Crippen molar-refractivity contribution in [1.82, 2.24) is 14.1 Å². The zero-order chi connectivity index (χ0) is 20.3. The minimum Gasteiger partial charge on any atom is -0.447 e. The van der Waals surface area contributed by atoms with Crippen molar-refractivity contribution in [2.45, 2.75) is 25.0 Å². The van der Waals surface area contributed by atoms with Crippen LogP contribution in [0.4, 0.5) is 0 Å². The third kappa shape index (κ3) is 4.63. The Bertz CT molecular complexity index is 928. The topological polar surface area (TPSA) is 74.1 Å². The highest BCUT2D eigenvalue weighted by Gasteiger charge is 2.24. The van der Waals surface area contributed by atoms with Crippen molar-refractivity contribution >= 4 is 15.9 Å². The standard InChI is InChI=1S/C20H27N3O4S/c1-16-6-4-5-7-17(16)14-19(24)23-12-10-22(11-13-23)15-18-8-9-20(27-18)28(25,26)21(2)3/h4-9H,10-15H2,1-3H3. The van der Waals surface area contributed by atoms with E-state index in [0.717, 1.165) is 28.5 Å². The summed E-state index contributed by atoms with van der Waals surface area (Å²) >= 11 is 0. The zero-order valence-electron chi connectivity index (χ0n) is 16.6. The first-order chi connectivity index (χ1) is 13.3. The van der Waals surface area contributed by atoms with Gasteiger partial charge in [0.1, 0.15) is 5.76 Å². The van der Waals surface area contributed by atoms with E-state index in [-0.39, 0.29) is 11.0 Å². The fraction of sp³-hybridized carbons (Fsp3) is 0.450. The summed E-state index contributed by atoms with van der Waals surface area (Å²) in [4.78, 5) is 16.6. The lowest BCUT2D eigenvalue weighted by Crippen LogP contribution is -2.48. The van der Waals surface area contributed by atoms with Crippen molar-refractivity contribution in [3.05, 3.63) is 53.3 Å². The minimum absolute atomic E-state index is 0.0421. The van der Waals surface area contributed by atoms with Gasteiger partial charge in [0, 0.05) is 40.3 Å². The Morgan fingerprint density at radius 2 is 1.75 bits per heavy atom. The molecule has 0 atom stereocenters. The molecule has 0 bridgehead atoms. The molecule has 1 aliphatic heterocycles. The van der Waals surface area contributed by atoms with Gasteiger partial charge in [0.05, 0.1) is 13.0 Å². The number of carbonyl (C=O) groups is 1. The summed E-state index contributed by atoms with van der Waals surface area (Å²) in [6, 6.07) is 11.2. The number of nitrogens with zero attached hydrogens (tertiary/aromatic N) is 3. The first-order valence-electron chi connectivity index (χ1n) is 9.33. The summed E-state index contributed by atoms with van der Waals surface area (Å²) in [5, 5.41) is -0.0421. The first-order valence-corrected chi connectivity index (χ1v) is 10.8. The van der Waals surface area contributed by atoms with E-state index in [1.54, 1.807) is 6.07 Å². The Labute approximate surface area is 166 Å². The predicted molar refractivity (Wildman–Crippen MR) is 106 cm³/mol. The molecule has 1 aliphatic rings. The molecule has 3 rings (SSSR count). The molecular weight excluding hydrogens is 378 g/mol. The van der Waals surface area contributed by atoms with Crippen LogP contribution in [0.5, 0.6) is 0 Å². The quantitative estimate of drug-likeness (QED) is 0.732. The van der Waals surface area contributed by atoms with Gasteiger partial charge >= 0.3 is 0 Å². The van der Waals surface area contributed by atoms with Crippen molar-refractivity contribution in [2.75, 3.05) is 40.3 Å². The van der Waals surface area contributed by atoms with Crippen LogP contribution in [0, 0.1) is 6.92 Å². The number of benzene rings is 1. The van der Waals surface area contributed by atoms with E-state index in [4.69, 9.17) is 4.42 Å². The number of amides is 1. The molecule has 1 aromatic heterocycles. The van der Waals surface area contributed by atoms with Gasteiger partial charge in [0.25, 0.3) is 10.0 Å². The molecule has 1 fully saturated rings. The van der Waals surface area contributed by atoms with E-state index in [9.17, 15) is 13.2 Å². The maximum absolute atomic E-state index is 12.6. The summed E-state index contributed by atoms with van der Waals surface area (Å²) in [7, 11) is -0.601. The molecular formula is C20H27N3O4S. The molecule has 2 heterocycles. The molecule has 7 nitrogen and oxygen atoms in total. The number of carbonyl (C=O) groups excluding carboxylic acids is 1. The summed E-state index contributed by atoms with van der Waals surface area (Å²) in [5.41, 5.74) is 2.20. The van der Waals surface area contributed by atoms with Crippen LogP contribution in [-0.4, -0.2) is 68.7 Å². The molecule has 0 spiro atoms. The number of hydrogen-bond donors (Lipinski definition) is 0. The Hall–Kier alpha value is -2.16. The fourth-order valence-corrected chi connectivity index (χ4v) is 4.03. The van der Waals surface area contributed by atoms with E-state index >= 15 is 0 Å². The number of rotatable bonds is 6. The molecule has 28 heavy (non-hydrogen) atoms. The predicted octanol–water partition coefficient (Wildman–Crippen LogP) is 1.73. The fourth-order valence-electron chi connectivity index (χ4n) is 3.22. The molecule has 1 saturated heterocycles. The summed E-state index contributed by atoms with van der Waals surface area (Å²) in [6.45, 7) is 5.34. The van der Waals surface area contributed by atoms with Crippen LogP contribution >= 0.6 is 0 Å². The molecule has 8 heteroatoms. The second-order valence-electron chi connectivity index (χ2n) is 7.27. The molecule has 0 saturated carbocycles. The third-order valence-electron chi connectivity index (χ3n) is 5.08. The molecule has 1 aromatic carbocycles. The average Bonchev–Trinajstić information content (AvgIpc) is 3.13. The molecule has 0 aliphatic carbocycles. The van der Waals surface area contributed by atoms with Crippen LogP contribution in [0.3, 0.4) is 0 Å². The van der Waals surface area contributed by atoms with Crippen molar-refractivity contribution in [1.29, 1.82) is 0 Å². The maximum Gasteiger partial charge on any atom is 0.275 e. The van der Waals surface area contributed by atoms with E-state index in [1.165, 1.54) is 20.2 Å². The van der Waals surface area contributed by atoms with Gasteiger partial charge in [0.2, 0.25) is 11.0 Å². The first kappa shape index (κ1) is 20.6. The highest BCUT2D eigenvalue weighted by Crippen LogP contribution is 2.19. The van der Waals surface area contributed by atoms with Crippen molar-refractivity contribution in [3.8, 4) is 0 Å². The van der Waals surface area contributed by atoms with Gasteiger partial charge in [-0.05, 0) is 30.2 Å². The molecule has 0 radical (unpaired) electrons. The highest BCUT2D eigenvalue weighted by atomic mass is 32.2. The van der Waals surface area contributed by atoms with Gasteiger partial charge in [-0.3, -0.25) is 9.69 Å². The molecule has 2 aromatic rings. The SMILES string of the molecule is Cc1ccccc1CC(=O)N1CCN(Cc2ccc(S(=O)(=O)N(C)C)o2)CC1. The van der Waals surface area contributed by atoms with Gasteiger partial charge in [-0.15, -0.1) is 0 Å². The number of hydrogen-bond acceptors (Lipinski definition) is 5. The maximum atomic E-state index is 12.6. The number of aryl methyl sites for hydroxylation is 1. The Morgan fingerprint density at radius 1 is 1.07 bits per heavy atom. The van der Waals surface area contributed by atoms with Gasteiger partial charge in [-0.2, -0.15) is 0 Å². The normalized spacial score (nSPS) is 15.9. The highest BCUT2D eigenvalue weighted by molar-refractivity contribution is 7.88. The largest absolute Gasteiger partial charge is 0.447 e. The Kier molecular flexibility index (Phi) is 6.22. The average molecular weight is 406 g/mol. The smallest absolute Gasteiger partial charge is 0.275 e. The summed E-state index contributed by atoms with van der Waals surface area (Å²) in [6.07, 6.45) is 0.427. The molecule has 152 valence electrons.